The maximum atomic E-state index is 12.2. The van der Waals surface area contributed by atoms with E-state index in [1.807, 2.05) is 36.4 Å². The normalized spacial score (nSPS) is 10.9. The molecule has 0 aliphatic rings. The standard InChI is InChI=1S/C25H19Cl2NO3/c26-21-11-12-24(23(27)16-21)30-13-5-10-25(29)31-22-9-4-6-18(15-22)14-20(17-28)19-7-2-1-3-8-19/h1-4,6-9,11-12,14-16H,5,10,13H2/b20-14-. The van der Waals surface area contributed by atoms with Crippen LogP contribution in [-0.4, -0.2) is 12.6 Å². The molecule has 0 unspecified atom stereocenters. The van der Waals surface area contributed by atoms with Crippen molar-refractivity contribution >= 4 is 40.8 Å². The van der Waals surface area contributed by atoms with Gasteiger partial charge in [0.2, 0.25) is 0 Å². The van der Waals surface area contributed by atoms with Gasteiger partial charge in [-0.25, -0.2) is 0 Å². The van der Waals surface area contributed by atoms with E-state index < -0.39 is 0 Å². The van der Waals surface area contributed by atoms with Crippen LogP contribution in [0.4, 0.5) is 0 Å². The van der Waals surface area contributed by atoms with Gasteiger partial charge in [-0.2, -0.15) is 5.26 Å². The topological polar surface area (TPSA) is 59.3 Å². The summed E-state index contributed by atoms with van der Waals surface area (Å²) < 4.78 is 11.0. The molecule has 31 heavy (non-hydrogen) atoms. The number of nitrogens with zero attached hydrogens (tertiary/aromatic N) is 1. The van der Waals surface area contributed by atoms with E-state index in [0.717, 1.165) is 11.1 Å². The summed E-state index contributed by atoms with van der Waals surface area (Å²) in [7, 11) is 0. The zero-order valence-electron chi connectivity index (χ0n) is 16.6. The molecule has 0 saturated heterocycles. The van der Waals surface area contributed by atoms with Crippen LogP contribution in [0.5, 0.6) is 11.5 Å². The first kappa shape index (κ1) is 22.4. The molecular weight excluding hydrogens is 433 g/mol. The SMILES string of the molecule is N#C/C(=C/c1cccc(OC(=O)CCCOc2ccc(Cl)cc2Cl)c1)c1ccccc1. The lowest BCUT2D eigenvalue weighted by molar-refractivity contribution is -0.134. The van der Waals surface area contributed by atoms with Gasteiger partial charge in [0.25, 0.3) is 0 Å². The third kappa shape index (κ3) is 6.89. The fraction of sp³-hybridized carbons (Fsp3) is 0.120. The van der Waals surface area contributed by atoms with Gasteiger partial charge >= 0.3 is 5.97 Å². The van der Waals surface area contributed by atoms with Crippen molar-refractivity contribution in [2.24, 2.45) is 0 Å². The minimum Gasteiger partial charge on any atom is -0.492 e. The predicted octanol–water partition coefficient (Wildman–Crippen LogP) is 6.82. The molecule has 6 heteroatoms. The highest BCUT2D eigenvalue weighted by Gasteiger charge is 2.08. The molecule has 0 amide bonds. The third-order valence-corrected chi connectivity index (χ3v) is 4.81. The maximum Gasteiger partial charge on any atom is 0.311 e. The van der Waals surface area contributed by atoms with E-state index in [-0.39, 0.29) is 12.4 Å². The van der Waals surface area contributed by atoms with Crippen molar-refractivity contribution in [3.05, 3.63) is 94.0 Å². The summed E-state index contributed by atoms with van der Waals surface area (Å²) >= 11 is 11.9. The minimum absolute atomic E-state index is 0.193. The molecule has 156 valence electrons. The highest BCUT2D eigenvalue weighted by molar-refractivity contribution is 6.35. The maximum absolute atomic E-state index is 12.2. The van der Waals surface area contributed by atoms with Crippen LogP contribution < -0.4 is 9.47 Å². The quantitative estimate of drug-likeness (QED) is 0.124. The number of nitriles is 1. The Hall–Kier alpha value is -3.26. The van der Waals surface area contributed by atoms with E-state index in [1.165, 1.54) is 0 Å². The van der Waals surface area contributed by atoms with Crippen LogP contribution in [0.25, 0.3) is 11.6 Å². The van der Waals surface area contributed by atoms with Gasteiger partial charge in [0.15, 0.2) is 0 Å². The number of halogens is 2. The highest BCUT2D eigenvalue weighted by atomic mass is 35.5. The van der Waals surface area contributed by atoms with Gasteiger partial charge in [-0.1, -0.05) is 65.7 Å². The molecule has 0 radical (unpaired) electrons. The number of allylic oxidation sites excluding steroid dienone is 1. The van der Waals surface area contributed by atoms with Crippen molar-refractivity contribution in [1.82, 2.24) is 0 Å². The summed E-state index contributed by atoms with van der Waals surface area (Å²) in [6, 6.07) is 23.6. The van der Waals surface area contributed by atoms with E-state index in [2.05, 4.69) is 6.07 Å². The average Bonchev–Trinajstić information content (AvgIpc) is 2.77. The lowest BCUT2D eigenvalue weighted by atomic mass is 10.0. The van der Waals surface area contributed by atoms with Gasteiger partial charge in [-0.15, -0.1) is 0 Å². The van der Waals surface area contributed by atoms with Crippen molar-refractivity contribution in [1.29, 1.82) is 5.26 Å². The molecule has 0 fully saturated rings. The van der Waals surface area contributed by atoms with Crippen molar-refractivity contribution in [2.45, 2.75) is 12.8 Å². The van der Waals surface area contributed by atoms with Crippen LogP contribution in [0.2, 0.25) is 10.0 Å². The fourth-order valence-electron chi connectivity index (χ4n) is 2.81. The van der Waals surface area contributed by atoms with Crippen LogP contribution in [0.3, 0.4) is 0 Å². The number of ether oxygens (including phenoxy) is 2. The first-order chi connectivity index (χ1) is 15.0. The number of hydrogen-bond donors (Lipinski definition) is 0. The number of hydrogen-bond acceptors (Lipinski definition) is 4. The Morgan fingerprint density at radius 3 is 2.55 bits per heavy atom. The molecule has 3 aromatic carbocycles. The lowest BCUT2D eigenvalue weighted by Gasteiger charge is -2.08. The van der Waals surface area contributed by atoms with E-state index in [9.17, 15) is 10.1 Å². The van der Waals surface area contributed by atoms with E-state index in [0.29, 0.717) is 40.1 Å². The zero-order valence-corrected chi connectivity index (χ0v) is 18.1. The lowest BCUT2D eigenvalue weighted by Crippen LogP contribution is -2.10. The van der Waals surface area contributed by atoms with Gasteiger partial charge < -0.3 is 9.47 Å². The number of carbonyl (C=O) groups excluding carboxylic acids is 1. The van der Waals surface area contributed by atoms with Crippen molar-refractivity contribution in [2.75, 3.05) is 6.61 Å². The molecule has 0 saturated carbocycles. The number of esters is 1. The van der Waals surface area contributed by atoms with E-state index >= 15 is 0 Å². The molecule has 0 aliphatic carbocycles. The van der Waals surface area contributed by atoms with Gasteiger partial charge in [0, 0.05) is 11.4 Å². The van der Waals surface area contributed by atoms with Gasteiger partial charge in [-0.3, -0.25) is 4.79 Å². The second-order valence-corrected chi connectivity index (χ2v) is 7.45. The fourth-order valence-corrected chi connectivity index (χ4v) is 3.27. The monoisotopic (exact) mass is 451 g/mol. The molecule has 0 aliphatic heterocycles. The minimum atomic E-state index is -0.365. The Kier molecular flexibility index (Phi) is 8.12. The van der Waals surface area contributed by atoms with Crippen LogP contribution in [0.1, 0.15) is 24.0 Å². The Morgan fingerprint density at radius 2 is 1.81 bits per heavy atom. The molecule has 4 nitrogen and oxygen atoms in total. The van der Waals surface area contributed by atoms with Crippen LogP contribution in [0.15, 0.2) is 72.8 Å². The van der Waals surface area contributed by atoms with Crippen molar-refractivity contribution in [3.8, 4) is 17.6 Å². The Labute approximate surface area is 191 Å². The largest absolute Gasteiger partial charge is 0.492 e. The summed E-state index contributed by atoms with van der Waals surface area (Å²) in [5, 5.41) is 10.4. The summed E-state index contributed by atoms with van der Waals surface area (Å²) in [5.74, 6) is 0.576. The first-order valence-corrected chi connectivity index (χ1v) is 10.4. The first-order valence-electron chi connectivity index (χ1n) is 9.61. The number of carbonyl (C=O) groups is 1. The molecule has 0 N–H and O–H groups in total. The Morgan fingerprint density at radius 1 is 1.00 bits per heavy atom. The summed E-state index contributed by atoms with van der Waals surface area (Å²) in [6.45, 7) is 0.321. The van der Waals surface area contributed by atoms with Crippen molar-refractivity contribution in [3.63, 3.8) is 0 Å². The smallest absolute Gasteiger partial charge is 0.311 e. The summed E-state index contributed by atoms with van der Waals surface area (Å²) in [6.07, 6.45) is 2.43. The summed E-state index contributed by atoms with van der Waals surface area (Å²) in [5.41, 5.74) is 2.13. The number of rotatable bonds is 8. The highest BCUT2D eigenvalue weighted by Crippen LogP contribution is 2.27. The van der Waals surface area contributed by atoms with Crippen LogP contribution in [0, 0.1) is 11.3 Å². The van der Waals surface area contributed by atoms with Crippen LogP contribution >= 0.6 is 23.2 Å². The molecule has 3 aromatic rings. The van der Waals surface area contributed by atoms with E-state index in [1.54, 1.807) is 42.5 Å². The van der Waals surface area contributed by atoms with E-state index in [4.69, 9.17) is 32.7 Å². The Balaban J connectivity index is 1.54. The molecule has 3 rings (SSSR count). The van der Waals surface area contributed by atoms with Gasteiger partial charge in [0.1, 0.15) is 11.5 Å². The third-order valence-electron chi connectivity index (χ3n) is 4.28. The van der Waals surface area contributed by atoms with Gasteiger partial charge in [-0.05, 0) is 54.0 Å². The predicted molar refractivity (Wildman–Crippen MR) is 123 cm³/mol. The molecule has 0 atom stereocenters. The molecule has 0 bridgehead atoms. The van der Waals surface area contributed by atoms with Crippen molar-refractivity contribution < 1.29 is 14.3 Å². The average molecular weight is 452 g/mol. The Bertz CT molecular complexity index is 1120. The molecular formula is C25H19Cl2NO3. The van der Waals surface area contributed by atoms with Crippen LogP contribution in [-0.2, 0) is 4.79 Å². The second kappa shape index (κ2) is 11.2. The summed E-state index contributed by atoms with van der Waals surface area (Å²) in [4.78, 5) is 12.2. The number of benzene rings is 3. The second-order valence-electron chi connectivity index (χ2n) is 6.61. The molecule has 0 heterocycles. The molecule has 0 spiro atoms. The van der Waals surface area contributed by atoms with Gasteiger partial charge in [0.05, 0.1) is 23.3 Å². The zero-order chi connectivity index (χ0) is 22.1. The molecule has 0 aromatic heterocycles.